The van der Waals surface area contributed by atoms with Gasteiger partial charge < -0.3 is 10.6 Å². The van der Waals surface area contributed by atoms with Crippen LogP contribution < -0.4 is 10.6 Å². The van der Waals surface area contributed by atoms with Crippen LogP contribution in [0, 0.1) is 10.1 Å². The van der Waals surface area contributed by atoms with Crippen LogP contribution in [0.5, 0.6) is 0 Å². The molecule has 2 heterocycles. The highest BCUT2D eigenvalue weighted by atomic mass is 16.6. The van der Waals surface area contributed by atoms with Crippen molar-refractivity contribution in [2.45, 2.75) is 0 Å². The van der Waals surface area contributed by atoms with Crippen molar-refractivity contribution in [3.63, 3.8) is 0 Å². The quantitative estimate of drug-likeness (QED) is 0.321. The molecule has 0 radical (unpaired) electrons. The van der Waals surface area contributed by atoms with Gasteiger partial charge in [0.05, 0.1) is 21.6 Å². The average Bonchev–Trinajstić information content (AvgIpc) is 2.68. The zero-order valence-corrected chi connectivity index (χ0v) is 13.9. The number of benzene rings is 2. The fourth-order valence-corrected chi connectivity index (χ4v) is 2.87. The summed E-state index contributed by atoms with van der Waals surface area (Å²) in [5.41, 5.74) is 2.15. The zero-order valence-electron chi connectivity index (χ0n) is 13.9. The highest BCUT2D eigenvalue weighted by molar-refractivity contribution is 6.13. The van der Waals surface area contributed by atoms with Gasteiger partial charge in [-0.05, 0) is 30.3 Å². The van der Waals surface area contributed by atoms with Crippen LogP contribution in [-0.4, -0.2) is 20.9 Å². The first-order chi connectivity index (χ1) is 13.1. The van der Waals surface area contributed by atoms with E-state index in [4.69, 9.17) is 0 Å². The number of amides is 2. The molecule has 2 amide bonds. The number of nitrogens with one attached hydrogen (secondary N) is 2. The van der Waals surface area contributed by atoms with Gasteiger partial charge in [0, 0.05) is 41.0 Å². The van der Waals surface area contributed by atoms with Crippen molar-refractivity contribution in [3.05, 3.63) is 77.1 Å². The Morgan fingerprint density at radius 3 is 2.52 bits per heavy atom. The first-order valence-corrected chi connectivity index (χ1v) is 8.07. The highest BCUT2D eigenvalue weighted by Gasteiger charge is 2.12. The molecule has 0 saturated heterocycles. The Kier molecular flexibility index (Phi) is 4.06. The maximum absolute atomic E-state index is 12.4. The van der Waals surface area contributed by atoms with Crippen LogP contribution in [0.25, 0.3) is 21.8 Å². The minimum absolute atomic E-state index is 0.100. The van der Waals surface area contributed by atoms with E-state index in [1.807, 2.05) is 24.3 Å². The van der Waals surface area contributed by atoms with E-state index in [0.29, 0.717) is 16.9 Å². The van der Waals surface area contributed by atoms with Crippen molar-refractivity contribution < 1.29 is 9.72 Å². The third-order valence-electron chi connectivity index (χ3n) is 4.02. The number of nitro benzene ring substituents is 1. The standard InChI is InChI=1S/C19H13N5O3/c25-19(22-13-5-1-6-14(11-13)24(26)27)23-16-10-12-4-2-8-20-17(12)15-7-3-9-21-18(15)16/h1-11H,(H2,22,23,25). The summed E-state index contributed by atoms with van der Waals surface area (Å²) in [6, 6.07) is 14.4. The van der Waals surface area contributed by atoms with Gasteiger partial charge in [-0.3, -0.25) is 20.1 Å². The number of nitrogens with zero attached hydrogens (tertiary/aromatic N) is 3. The van der Waals surface area contributed by atoms with E-state index in [2.05, 4.69) is 20.6 Å². The summed E-state index contributed by atoms with van der Waals surface area (Å²) in [7, 11) is 0. The van der Waals surface area contributed by atoms with Gasteiger partial charge in [-0.2, -0.15) is 0 Å². The number of hydrogen-bond donors (Lipinski definition) is 2. The van der Waals surface area contributed by atoms with Crippen molar-refractivity contribution in [1.82, 2.24) is 9.97 Å². The van der Waals surface area contributed by atoms with Crippen molar-refractivity contribution in [3.8, 4) is 0 Å². The molecule has 0 fully saturated rings. The van der Waals surface area contributed by atoms with E-state index < -0.39 is 11.0 Å². The van der Waals surface area contributed by atoms with Crippen LogP contribution in [-0.2, 0) is 0 Å². The number of aromatic nitrogens is 2. The van der Waals surface area contributed by atoms with Gasteiger partial charge in [0.2, 0.25) is 0 Å². The van der Waals surface area contributed by atoms with Crippen LogP contribution in [0.3, 0.4) is 0 Å². The van der Waals surface area contributed by atoms with E-state index in [1.54, 1.807) is 24.5 Å². The largest absolute Gasteiger partial charge is 0.323 e. The SMILES string of the molecule is O=C(Nc1cccc([N+](=O)[O-])c1)Nc1cc2cccnc2c2cccnc12. The lowest BCUT2D eigenvalue weighted by atomic mass is 10.1. The molecule has 0 saturated carbocycles. The lowest BCUT2D eigenvalue weighted by molar-refractivity contribution is -0.384. The van der Waals surface area contributed by atoms with Gasteiger partial charge in [0.15, 0.2) is 0 Å². The van der Waals surface area contributed by atoms with E-state index in [-0.39, 0.29) is 5.69 Å². The number of rotatable bonds is 3. The van der Waals surface area contributed by atoms with Crippen molar-refractivity contribution in [2.75, 3.05) is 10.6 Å². The number of urea groups is 1. The van der Waals surface area contributed by atoms with Gasteiger partial charge in [-0.25, -0.2) is 4.79 Å². The second-order valence-corrected chi connectivity index (χ2v) is 5.79. The summed E-state index contributed by atoms with van der Waals surface area (Å²) in [6.45, 7) is 0. The molecule has 0 spiro atoms. The highest BCUT2D eigenvalue weighted by Crippen LogP contribution is 2.29. The smallest absolute Gasteiger partial charge is 0.307 e. The topological polar surface area (TPSA) is 110 Å². The van der Waals surface area contributed by atoms with Gasteiger partial charge in [-0.15, -0.1) is 0 Å². The number of hydrogen-bond acceptors (Lipinski definition) is 5. The third-order valence-corrected chi connectivity index (χ3v) is 4.02. The van der Waals surface area contributed by atoms with E-state index >= 15 is 0 Å². The maximum atomic E-state index is 12.4. The molecule has 8 heteroatoms. The Balaban J connectivity index is 1.67. The molecule has 0 unspecified atom stereocenters. The summed E-state index contributed by atoms with van der Waals surface area (Å²) in [5.74, 6) is 0. The second kappa shape index (κ2) is 6.68. The lowest BCUT2D eigenvalue weighted by Gasteiger charge is -2.11. The Labute approximate surface area is 153 Å². The first-order valence-electron chi connectivity index (χ1n) is 8.07. The third kappa shape index (κ3) is 3.23. The number of nitro groups is 1. The molecule has 2 N–H and O–H groups in total. The normalized spacial score (nSPS) is 10.7. The minimum Gasteiger partial charge on any atom is -0.307 e. The maximum Gasteiger partial charge on any atom is 0.323 e. The molecule has 0 atom stereocenters. The number of anilines is 2. The summed E-state index contributed by atoms with van der Waals surface area (Å²) >= 11 is 0. The number of pyridine rings is 2. The van der Waals surface area contributed by atoms with E-state index in [1.165, 1.54) is 18.2 Å². The Morgan fingerprint density at radius 2 is 1.70 bits per heavy atom. The summed E-state index contributed by atoms with van der Waals surface area (Å²) in [5, 5.41) is 17.9. The molecule has 0 bridgehead atoms. The summed E-state index contributed by atoms with van der Waals surface area (Å²) in [6.07, 6.45) is 3.34. The fourth-order valence-electron chi connectivity index (χ4n) is 2.87. The van der Waals surface area contributed by atoms with Crippen molar-refractivity contribution in [1.29, 1.82) is 0 Å². The molecule has 4 aromatic rings. The monoisotopic (exact) mass is 359 g/mol. The Hall–Kier alpha value is -4.07. The van der Waals surface area contributed by atoms with E-state index in [0.717, 1.165) is 16.3 Å². The molecular formula is C19H13N5O3. The molecule has 0 aliphatic carbocycles. The second-order valence-electron chi connectivity index (χ2n) is 5.79. The molecule has 27 heavy (non-hydrogen) atoms. The molecule has 0 aliphatic heterocycles. The first kappa shape index (κ1) is 16.4. The summed E-state index contributed by atoms with van der Waals surface area (Å²) < 4.78 is 0. The predicted octanol–water partition coefficient (Wildman–Crippen LogP) is 4.34. The molecule has 2 aromatic carbocycles. The molecule has 4 rings (SSSR count). The van der Waals surface area contributed by atoms with E-state index in [9.17, 15) is 14.9 Å². The predicted molar refractivity (Wildman–Crippen MR) is 103 cm³/mol. The number of carbonyl (C=O) groups excluding carboxylic acids is 1. The van der Waals surface area contributed by atoms with Crippen LogP contribution in [0.15, 0.2) is 67.0 Å². The molecule has 8 nitrogen and oxygen atoms in total. The van der Waals surface area contributed by atoms with Gasteiger partial charge in [0.25, 0.3) is 5.69 Å². The zero-order chi connectivity index (χ0) is 18.8. The number of fused-ring (bicyclic) bond motifs is 3. The fraction of sp³-hybridized carbons (Fsp3) is 0. The number of non-ortho nitro benzene ring substituents is 1. The van der Waals surface area contributed by atoms with Crippen molar-refractivity contribution >= 4 is 44.9 Å². The van der Waals surface area contributed by atoms with Gasteiger partial charge >= 0.3 is 6.03 Å². The summed E-state index contributed by atoms with van der Waals surface area (Å²) in [4.78, 5) is 31.5. The Bertz CT molecular complexity index is 1190. The van der Waals surface area contributed by atoms with Crippen LogP contribution in [0.4, 0.5) is 21.9 Å². The van der Waals surface area contributed by atoms with Crippen LogP contribution in [0.2, 0.25) is 0 Å². The Morgan fingerprint density at radius 1 is 0.926 bits per heavy atom. The molecule has 132 valence electrons. The average molecular weight is 359 g/mol. The van der Waals surface area contributed by atoms with Crippen LogP contribution in [0.1, 0.15) is 0 Å². The number of carbonyl (C=O) groups is 1. The van der Waals surface area contributed by atoms with Crippen LogP contribution >= 0.6 is 0 Å². The molecule has 0 aliphatic rings. The van der Waals surface area contributed by atoms with Gasteiger partial charge in [-0.1, -0.05) is 12.1 Å². The lowest BCUT2D eigenvalue weighted by Crippen LogP contribution is -2.19. The molecule has 2 aromatic heterocycles. The molecular weight excluding hydrogens is 346 g/mol. The minimum atomic E-state index is -0.523. The van der Waals surface area contributed by atoms with Crippen molar-refractivity contribution in [2.24, 2.45) is 0 Å². The van der Waals surface area contributed by atoms with Gasteiger partial charge in [0.1, 0.15) is 0 Å².